The topological polar surface area (TPSA) is 55.8 Å². The van der Waals surface area contributed by atoms with E-state index in [9.17, 15) is 9.59 Å². The molecule has 0 spiro atoms. The van der Waals surface area contributed by atoms with Gasteiger partial charge in [-0.25, -0.2) is 0 Å². The van der Waals surface area contributed by atoms with Gasteiger partial charge in [-0.2, -0.15) is 0 Å². The third-order valence-electron chi connectivity index (χ3n) is 3.13. The summed E-state index contributed by atoms with van der Waals surface area (Å²) < 4.78 is 10.2. The summed E-state index contributed by atoms with van der Waals surface area (Å²) in [5.74, 6) is -0.0496. The van der Waals surface area contributed by atoms with Gasteiger partial charge in [0, 0.05) is 13.1 Å². The zero-order valence-electron chi connectivity index (χ0n) is 13.2. The highest BCUT2D eigenvalue weighted by atomic mass is 16.5. The average Bonchev–Trinajstić information content (AvgIpc) is 2.54. The highest BCUT2D eigenvalue weighted by Crippen LogP contribution is 2.09. The van der Waals surface area contributed by atoms with Crippen molar-refractivity contribution in [3.63, 3.8) is 0 Å². The normalized spacial score (nSPS) is 11.4. The van der Waals surface area contributed by atoms with Crippen LogP contribution in [0.2, 0.25) is 0 Å². The van der Waals surface area contributed by atoms with Crippen molar-refractivity contribution >= 4 is 11.9 Å². The van der Waals surface area contributed by atoms with Crippen LogP contribution in [-0.4, -0.2) is 43.6 Å². The van der Waals surface area contributed by atoms with Gasteiger partial charge >= 0.3 is 5.97 Å². The monoisotopic (exact) mass is 305 g/mol. The Morgan fingerprint density at radius 1 is 1.32 bits per heavy atom. The molecule has 0 saturated carbocycles. The van der Waals surface area contributed by atoms with E-state index in [2.05, 4.69) is 11.3 Å². The SMILES string of the molecule is C=CCN(CC(C)C(=O)OC)C(=O)CCOc1ccccc1. The molecule has 5 nitrogen and oxygen atoms in total. The summed E-state index contributed by atoms with van der Waals surface area (Å²) in [4.78, 5) is 25.3. The molecule has 0 aliphatic rings. The number of hydrogen-bond donors (Lipinski definition) is 0. The molecule has 1 aromatic rings. The van der Waals surface area contributed by atoms with Crippen LogP contribution < -0.4 is 4.74 Å². The minimum atomic E-state index is -0.371. The number of para-hydroxylation sites is 1. The minimum absolute atomic E-state index is 0.0772. The van der Waals surface area contributed by atoms with Crippen molar-refractivity contribution in [1.29, 1.82) is 0 Å². The zero-order chi connectivity index (χ0) is 16.4. The van der Waals surface area contributed by atoms with Crippen molar-refractivity contribution in [1.82, 2.24) is 4.90 Å². The largest absolute Gasteiger partial charge is 0.493 e. The Kier molecular flexibility index (Phi) is 7.75. The molecule has 1 amide bonds. The highest BCUT2D eigenvalue weighted by Gasteiger charge is 2.20. The Bertz CT molecular complexity index is 487. The van der Waals surface area contributed by atoms with Crippen molar-refractivity contribution in [3.8, 4) is 5.75 Å². The van der Waals surface area contributed by atoms with E-state index in [0.29, 0.717) is 19.7 Å². The van der Waals surface area contributed by atoms with E-state index in [4.69, 9.17) is 4.74 Å². The van der Waals surface area contributed by atoms with Crippen LogP contribution >= 0.6 is 0 Å². The number of carbonyl (C=O) groups excluding carboxylic acids is 2. The average molecular weight is 305 g/mol. The molecule has 0 heterocycles. The zero-order valence-corrected chi connectivity index (χ0v) is 13.2. The first-order valence-electron chi connectivity index (χ1n) is 7.22. The van der Waals surface area contributed by atoms with Crippen molar-refractivity contribution < 1.29 is 19.1 Å². The van der Waals surface area contributed by atoms with Crippen LogP contribution in [0.3, 0.4) is 0 Å². The van der Waals surface area contributed by atoms with Gasteiger partial charge in [-0.05, 0) is 12.1 Å². The predicted molar refractivity (Wildman–Crippen MR) is 84.5 cm³/mol. The number of nitrogens with zero attached hydrogens (tertiary/aromatic N) is 1. The number of methoxy groups -OCH3 is 1. The predicted octanol–water partition coefficient (Wildman–Crippen LogP) is 2.28. The van der Waals surface area contributed by atoms with Gasteiger partial charge in [0.05, 0.1) is 26.1 Å². The van der Waals surface area contributed by atoms with E-state index in [1.807, 2.05) is 30.3 Å². The minimum Gasteiger partial charge on any atom is -0.493 e. The first-order valence-corrected chi connectivity index (χ1v) is 7.22. The fraction of sp³-hybridized carbons (Fsp3) is 0.412. The van der Waals surface area contributed by atoms with Gasteiger partial charge in [0.15, 0.2) is 0 Å². The molecule has 22 heavy (non-hydrogen) atoms. The van der Waals surface area contributed by atoms with Crippen molar-refractivity contribution in [3.05, 3.63) is 43.0 Å². The maximum absolute atomic E-state index is 12.2. The first kappa shape index (κ1) is 17.8. The molecular weight excluding hydrogens is 282 g/mol. The molecule has 1 unspecified atom stereocenters. The van der Waals surface area contributed by atoms with Gasteiger partial charge in [-0.1, -0.05) is 31.2 Å². The van der Waals surface area contributed by atoms with Crippen molar-refractivity contribution in [2.24, 2.45) is 5.92 Å². The Balaban J connectivity index is 2.47. The van der Waals surface area contributed by atoms with Gasteiger partial charge in [0.25, 0.3) is 0 Å². The van der Waals surface area contributed by atoms with Gasteiger partial charge in [-0.3, -0.25) is 9.59 Å². The molecule has 0 bridgehead atoms. The molecule has 0 N–H and O–H groups in total. The summed E-state index contributed by atoms with van der Waals surface area (Å²) in [5, 5.41) is 0. The van der Waals surface area contributed by atoms with Gasteiger partial charge in [-0.15, -0.1) is 6.58 Å². The van der Waals surface area contributed by atoms with Gasteiger partial charge in [0.2, 0.25) is 5.91 Å². The third-order valence-corrected chi connectivity index (χ3v) is 3.13. The molecule has 0 aromatic heterocycles. The summed E-state index contributed by atoms with van der Waals surface area (Å²) in [7, 11) is 1.34. The maximum Gasteiger partial charge on any atom is 0.310 e. The number of ether oxygens (including phenoxy) is 2. The molecule has 5 heteroatoms. The Labute approximate surface area is 131 Å². The lowest BCUT2D eigenvalue weighted by Crippen LogP contribution is -2.38. The number of amides is 1. The summed E-state index contributed by atoms with van der Waals surface area (Å²) in [5.41, 5.74) is 0. The van der Waals surface area contributed by atoms with Crippen LogP contribution in [0.1, 0.15) is 13.3 Å². The maximum atomic E-state index is 12.2. The second kappa shape index (κ2) is 9.60. The molecule has 1 rings (SSSR count). The second-order valence-electron chi connectivity index (χ2n) is 4.92. The number of rotatable bonds is 9. The summed E-state index contributed by atoms with van der Waals surface area (Å²) in [6.07, 6.45) is 1.89. The molecule has 0 saturated heterocycles. The van der Waals surface area contributed by atoms with Crippen LogP contribution in [0.15, 0.2) is 43.0 Å². The van der Waals surface area contributed by atoms with Crippen LogP contribution in [-0.2, 0) is 14.3 Å². The lowest BCUT2D eigenvalue weighted by atomic mass is 10.1. The third kappa shape index (κ3) is 5.99. The van der Waals surface area contributed by atoms with E-state index >= 15 is 0 Å². The number of esters is 1. The van der Waals surface area contributed by atoms with Crippen molar-refractivity contribution in [2.75, 3.05) is 26.8 Å². The molecule has 0 aliphatic carbocycles. The molecule has 0 fully saturated rings. The van der Waals surface area contributed by atoms with E-state index in [1.54, 1.807) is 17.9 Å². The van der Waals surface area contributed by atoms with Gasteiger partial charge < -0.3 is 14.4 Å². The lowest BCUT2D eigenvalue weighted by molar-refractivity contribution is -0.146. The number of carbonyl (C=O) groups is 2. The smallest absolute Gasteiger partial charge is 0.310 e. The van der Waals surface area contributed by atoms with Crippen LogP contribution in [0, 0.1) is 5.92 Å². The van der Waals surface area contributed by atoms with E-state index in [-0.39, 0.29) is 24.2 Å². The van der Waals surface area contributed by atoms with Crippen molar-refractivity contribution in [2.45, 2.75) is 13.3 Å². The Morgan fingerprint density at radius 3 is 2.59 bits per heavy atom. The quantitative estimate of drug-likeness (QED) is 0.519. The van der Waals surface area contributed by atoms with Crippen LogP contribution in [0.25, 0.3) is 0 Å². The van der Waals surface area contributed by atoms with E-state index < -0.39 is 0 Å². The van der Waals surface area contributed by atoms with Gasteiger partial charge in [0.1, 0.15) is 5.75 Å². The highest BCUT2D eigenvalue weighted by molar-refractivity contribution is 5.78. The molecule has 0 aliphatic heterocycles. The first-order chi connectivity index (χ1) is 10.6. The lowest BCUT2D eigenvalue weighted by Gasteiger charge is -2.23. The van der Waals surface area contributed by atoms with Crippen LogP contribution in [0.5, 0.6) is 5.75 Å². The molecule has 1 atom stereocenters. The number of benzene rings is 1. The summed E-state index contributed by atoms with van der Waals surface area (Å²) in [6, 6.07) is 9.33. The molecule has 0 radical (unpaired) electrons. The second-order valence-corrected chi connectivity index (χ2v) is 4.92. The fourth-order valence-corrected chi connectivity index (χ4v) is 1.97. The van der Waals surface area contributed by atoms with E-state index in [0.717, 1.165) is 5.75 Å². The summed E-state index contributed by atoms with van der Waals surface area (Å²) in [6.45, 7) is 6.37. The molecule has 1 aromatic carbocycles. The number of hydrogen-bond acceptors (Lipinski definition) is 4. The fourth-order valence-electron chi connectivity index (χ4n) is 1.97. The van der Waals surface area contributed by atoms with Crippen LogP contribution in [0.4, 0.5) is 0 Å². The Hall–Kier alpha value is -2.30. The standard InChI is InChI=1S/C17H23NO4/c1-4-11-18(13-14(2)17(20)21-3)16(19)10-12-22-15-8-6-5-7-9-15/h4-9,14H,1,10-13H2,2-3H3. The molecule has 120 valence electrons. The Morgan fingerprint density at radius 2 is 2.00 bits per heavy atom. The molecular formula is C17H23NO4. The summed E-state index contributed by atoms with van der Waals surface area (Å²) >= 11 is 0. The van der Waals surface area contributed by atoms with E-state index in [1.165, 1.54) is 7.11 Å².